The summed E-state index contributed by atoms with van der Waals surface area (Å²) < 4.78 is 26.6. The molecule has 2 aromatic rings. The molecule has 0 aliphatic heterocycles. The molecule has 0 aliphatic rings. The number of halogens is 2. The van der Waals surface area contributed by atoms with Gasteiger partial charge in [-0.25, -0.2) is 13.8 Å². The van der Waals surface area contributed by atoms with Crippen molar-refractivity contribution in [1.29, 1.82) is 0 Å². The largest absolute Gasteiger partial charge is 0.310 e. The number of H-pyrrole nitrogens is 1. The molecule has 1 N–H and O–H groups in total. The van der Waals surface area contributed by atoms with E-state index in [0.29, 0.717) is 5.82 Å². The topological polar surface area (TPSA) is 45.8 Å². The normalized spacial score (nSPS) is 11.6. The van der Waals surface area contributed by atoms with Crippen LogP contribution in [0.5, 0.6) is 0 Å². The van der Waals surface area contributed by atoms with E-state index in [2.05, 4.69) is 9.97 Å². The Morgan fingerprint density at radius 3 is 2.42 bits per heavy atom. The molecule has 0 saturated heterocycles. The molecule has 0 spiro atoms. The lowest BCUT2D eigenvalue weighted by molar-refractivity contribution is 0.542. The summed E-state index contributed by atoms with van der Waals surface area (Å²) in [6.45, 7) is 5.65. The number of hydrogen-bond donors (Lipinski definition) is 1. The van der Waals surface area contributed by atoms with E-state index in [1.54, 1.807) is 0 Å². The van der Waals surface area contributed by atoms with Crippen molar-refractivity contribution in [2.75, 3.05) is 0 Å². The Kier molecular flexibility index (Phi) is 3.22. The number of nitrogens with zero attached hydrogens (tertiary/aromatic N) is 1. The van der Waals surface area contributed by atoms with Gasteiger partial charge >= 0.3 is 0 Å². The van der Waals surface area contributed by atoms with Gasteiger partial charge in [-0.2, -0.15) is 0 Å². The highest BCUT2D eigenvalue weighted by Gasteiger charge is 2.19. The van der Waals surface area contributed by atoms with E-state index in [9.17, 15) is 13.6 Å². The minimum Gasteiger partial charge on any atom is -0.310 e. The Morgan fingerprint density at radius 2 is 1.84 bits per heavy atom. The first kappa shape index (κ1) is 13.4. The van der Waals surface area contributed by atoms with Crippen molar-refractivity contribution in [1.82, 2.24) is 9.97 Å². The van der Waals surface area contributed by atoms with Crippen LogP contribution in [0.4, 0.5) is 8.78 Å². The summed E-state index contributed by atoms with van der Waals surface area (Å²) in [5.41, 5.74) is -0.422. The highest BCUT2D eigenvalue weighted by molar-refractivity contribution is 5.59. The van der Waals surface area contributed by atoms with Crippen LogP contribution in [0.2, 0.25) is 0 Å². The maximum Gasteiger partial charge on any atom is 0.251 e. The van der Waals surface area contributed by atoms with Crippen molar-refractivity contribution in [3.05, 3.63) is 52.1 Å². The molecule has 2 rings (SSSR count). The first-order chi connectivity index (χ1) is 8.77. The van der Waals surface area contributed by atoms with Crippen LogP contribution in [0.1, 0.15) is 26.6 Å². The van der Waals surface area contributed by atoms with Gasteiger partial charge in [0.15, 0.2) is 0 Å². The average Bonchev–Trinajstić information content (AvgIpc) is 2.26. The van der Waals surface area contributed by atoms with Gasteiger partial charge in [0.05, 0.1) is 5.69 Å². The van der Waals surface area contributed by atoms with Crippen LogP contribution < -0.4 is 5.56 Å². The predicted molar refractivity (Wildman–Crippen MR) is 68.9 cm³/mol. The van der Waals surface area contributed by atoms with Gasteiger partial charge in [-0.05, 0) is 12.1 Å². The van der Waals surface area contributed by atoms with E-state index >= 15 is 0 Å². The fourth-order valence-electron chi connectivity index (χ4n) is 1.65. The first-order valence-electron chi connectivity index (χ1n) is 5.84. The predicted octanol–water partition coefficient (Wildman–Crippen LogP) is 3.01. The van der Waals surface area contributed by atoms with Crippen LogP contribution in [-0.4, -0.2) is 9.97 Å². The Hall–Kier alpha value is -2.04. The van der Waals surface area contributed by atoms with E-state index in [-0.39, 0.29) is 22.2 Å². The van der Waals surface area contributed by atoms with Crippen molar-refractivity contribution in [2.45, 2.75) is 26.2 Å². The highest BCUT2D eigenvalue weighted by atomic mass is 19.1. The second-order valence-corrected chi connectivity index (χ2v) is 5.35. The molecular formula is C14H14F2N2O. The fraction of sp³-hybridized carbons (Fsp3) is 0.286. The van der Waals surface area contributed by atoms with Gasteiger partial charge in [0.1, 0.15) is 17.5 Å². The highest BCUT2D eigenvalue weighted by Crippen LogP contribution is 2.23. The molecule has 0 unspecified atom stereocenters. The summed E-state index contributed by atoms with van der Waals surface area (Å²) in [7, 11) is 0. The second-order valence-electron chi connectivity index (χ2n) is 5.35. The zero-order valence-electron chi connectivity index (χ0n) is 10.9. The second kappa shape index (κ2) is 4.57. The number of hydrogen-bond acceptors (Lipinski definition) is 2. The van der Waals surface area contributed by atoms with Crippen LogP contribution in [0, 0.1) is 11.6 Å². The van der Waals surface area contributed by atoms with Gasteiger partial charge in [-0.15, -0.1) is 0 Å². The van der Waals surface area contributed by atoms with Crippen LogP contribution in [-0.2, 0) is 5.41 Å². The standard InChI is InChI=1S/C14H14F2N2O/c1-14(2,3)13-17-11(7-12(19)18-13)9-5-4-8(15)6-10(9)16/h4-7H,1-3H3,(H,17,18,19). The molecule has 1 heterocycles. The van der Waals surface area contributed by atoms with Crippen molar-refractivity contribution in [3.63, 3.8) is 0 Å². The summed E-state index contributed by atoms with van der Waals surface area (Å²) >= 11 is 0. The van der Waals surface area contributed by atoms with Crippen LogP contribution >= 0.6 is 0 Å². The minimum absolute atomic E-state index is 0.109. The van der Waals surface area contributed by atoms with E-state index in [1.807, 2.05) is 20.8 Å². The van der Waals surface area contributed by atoms with Gasteiger partial charge in [0.25, 0.3) is 5.56 Å². The molecule has 0 aliphatic carbocycles. The van der Waals surface area contributed by atoms with Crippen molar-refractivity contribution in [2.24, 2.45) is 0 Å². The van der Waals surface area contributed by atoms with Crippen molar-refractivity contribution < 1.29 is 8.78 Å². The molecule has 3 nitrogen and oxygen atoms in total. The molecule has 0 radical (unpaired) electrons. The molecular weight excluding hydrogens is 250 g/mol. The van der Waals surface area contributed by atoms with E-state index in [4.69, 9.17) is 0 Å². The van der Waals surface area contributed by atoms with E-state index in [1.165, 1.54) is 12.1 Å². The lowest BCUT2D eigenvalue weighted by Crippen LogP contribution is -2.22. The van der Waals surface area contributed by atoms with Gasteiger partial charge in [0, 0.05) is 23.1 Å². The molecule has 5 heteroatoms. The van der Waals surface area contributed by atoms with Gasteiger partial charge in [0.2, 0.25) is 0 Å². The van der Waals surface area contributed by atoms with Crippen LogP contribution in [0.3, 0.4) is 0 Å². The SMILES string of the molecule is CC(C)(C)c1nc(-c2ccc(F)cc2F)cc(=O)[nH]1. The molecule has 0 amide bonds. The Bertz CT molecular complexity index is 672. The third kappa shape index (κ3) is 2.86. The summed E-state index contributed by atoms with van der Waals surface area (Å²) in [4.78, 5) is 18.5. The van der Waals surface area contributed by atoms with Gasteiger partial charge < -0.3 is 4.98 Å². The van der Waals surface area contributed by atoms with Gasteiger partial charge in [-0.3, -0.25) is 4.79 Å². The number of benzene rings is 1. The number of aromatic nitrogens is 2. The third-order valence-electron chi connectivity index (χ3n) is 2.66. The summed E-state index contributed by atoms with van der Waals surface area (Å²) in [5, 5.41) is 0. The summed E-state index contributed by atoms with van der Waals surface area (Å²) in [6.07, 6.45) is 0. The average molecular weight is 264 g/mol. The Labute approximate surface area is 109 Å². The summed E-state index contributed by atoms with van der Waals surface area (Å²) in [5.74, 6) is -0.946. The molecule has 19 heavy (non-hydrogen) atoms. The van der Waals surface area contributed by atoms with Crippen molar-refractivity contribution in [3.8, 4) is 11.3 Å². The molecule has 1 aromatic heterocycles. The maximum absolute atomic E-state index is 13.7. The third-order valence-corrected chi connectivity index (χ3v) is 2.66. The van der Waals surface area contributed by atoms with E-state index in [0.717, 1.165) is 12.1 Å². The quantitative estimate of drug-likeness (QED) is 0.860. The lowest BCUT2D eigenvalue weighted by Gasteiger charge is -2.17. The molecule has 1 aromatic carbocycles. The monoisotopic (exact) mass is 264 g/mol. The van der Waals surface area contributed by atoms with Crippen LogP contribution in [0.15, 0.2) is 29.1 Å². The maximum atomic E-state index is 13.7. The number of rotatable bonds is 1. The zero-order valence-corrected chi connectivity index (χ0v) is 10.9. The lowest BCUT2D eigenvalue weighted by atomic mass is 9.95. The molecule has 0 atom stereocenters. The Balaban J connectivity index is 2.63. The minimum atomic E-state index is -0.738. The first-order valence-corrected chi connectivity index (χ1v) is 5.84. The molecule has 100 valence electrons. The Morgan fingerprint density at radius 1 is 1.16 bits per heavy atom. The smallest absolute Gasteiger partial charge is 0.251 e. The molecule has 0 fully saturated rings. The summed E-state index contributed by atoms with van der Waals surface area (Å²) in [6, 6.07) is 4.39. The van der Waals surface area contributed by atoms with E-state index < -0.39 is 11.6 Å². The van der Waals surface area contributed by atoms with Gasteiger partial charge in [-0.1, -0.05) is 20.8 Å². The zero-order chi connectivity index (χ0) is 14.2. The molecule has 0 saturated carbocycles. The number of aromatic amines is 1. The van der Waals surface area contributed by atoms with Crippen LogP contribution in [0.25, 0.3) is 11.3 Å². The fourth-order valence-corrected chi connectivity index (χ4v) is 1.65. The van der Waals surface area contributed by atoms with Crippen molar-refractivity contribution >= 4 is 0 Å². The molecule has 0 bridgehead atoms. The number of nitrogens with one attached hydrogen (secondary N) is 1.